The second kappa shape index (κ2) is 7.44. The molecule has 0 amide bonds. The third kappa shape index (κ3) is 3.75. The normalized spacial score (nSPS) is 12.6. The molecular formula is C21H20N2O4S. The van der Waals surface area contributed by atoms with Gasteiger partial charge in [0.05, 0.1) is 4.90 Å². The summed E-state index contributed by atoms with van der Waals surface area (Å²) in [5.74, 6) is 0.971. The number of anilines is 3. The molecule has 1 heterocycles. The highest BCUT2D eigenvalue weighted by Gasteiger charge is 2.20. The number of aryl methyl sites for hydroxylation is 1. The third-order valence-electron chi connectivity index (χ3n) is 4.47. The van der Waals surface area contributed by atoms with Crippen LogP contribution in [0.2, 0.25) is 0 Å². The molecule has 0 bridgehead atoms. The molecule has 1 aliphatic heterocycles. The van der Waals surface area contributed by atoms with Gasteiger partial charge in [0.15, 0.2) is 11.5 Å². The van der Waals surface area contributed by atoms with Crippen LogP contribution in [0.15, 0.2) is 71.6 Å². The van der Waals surface area contributed by atoms with Crippen molar-refractivity contribution in [2.45, 2.75) is 18.2 Å². The molecule has 3 aromatic rings. The number of hydrogen-bond acceptors (Lipinski definition) is 5. The number of rotatable bonds is 6. The Kier molecular flexibility index (Phi) is 4.83. The summed E-state index contributed by atoms with van der Waals surface area (Å²) < 4.78 is 38.3. The molecule has 3 aromatic carbocycles. The number of fused-ring (bicyclic) bond motifs is 1. The van der Waals surface area contributed by atoms with Crippen molar-refractivity contribution in [3.05, 3.63) is 72.3 Å². The first-order chi connectivity index (χ1) is 13.5. The Hall–Kier alpha value is -3.19. The maximum absolute atomic E-state index is 12.6. The quantitative estimate of drug-likeness (QED) is 0.641. The van der Waals surface area contributed by atoms with Gasteiger partial charge in [0.2, 0.25) is 6.79 Å². The maximum Gasteiger partial charge on any atom is 0.262 e. The van der Waals surface area contributed by atoms with Crippen molar-refractivity contribution in [3.8, 4) is 11.5 Å². The van der Waals surface area contributed by atoms with E-state index in [1.54, 1.807) is 18.2 Å². The van der Waals surface area contributed by atoms with E-state index in [0.717, 1.165) is 17.8 Å². The molecule has 28 heavy (non-hydrogen) atoms. The average Bonchev–Trinajstić information content (AvgIpc) is 3.17. The zero-order valence-electron chi connectivity index (χ0n) is 15.3. The van der Waals surface area contributed by atoms with E-state index in [0.29, 0.717) is 17.2 Å². The molecule has 0 aliphatic carbocycles. The van der Waals surface area contributed by atoms with Gasteiger partial charge < -0.3 is 14.8 Å². The van der Waals surface area contributed by atoms with Crippen LogP contribution < -0.4 is 19.5 Å². The van der Waals surface area contributed by atoms with Crippen LogP contribution in [0.1, 0.15) is 12.5 Å². The molecule has 7 heteroatoms. The summed E-state index contributed by atoms with van der Waals surface area (Å²) >= 11 is 0. The van der Waals surface area contributed by atoms with E-state index >= 15 is 0 Å². The lowest BCUT2D eigenvalue weighted by molar-refractivity contribution is 0.174. The number of benzene rings is 3. The van der Waals surface area contributed by atoms with Gasteiger partial charge >= 0.3 is 0 Å². The lowest BCUT2D eigenvalue weighted by Crippen LogP contribution is -2.12. The van der Waals surface area contributed by atoms with Gasteiger partial charge in [-0.1, -0.05) is 25.1 Å². The predicted molar refractivity (Wildman–Crippen MR) is 109 cm³/mol. The van der Waals surface area contributed by atoms with E-state index in [1.807, 2.05) is 30.3 Å². The van der Waals surface area contributed by atoms with Gasteiger partial charge in [-0.3, -0.25) is 4.72 Å². The fourth-order valence-corrected chi connectivity index (χ4v) is 4.06. The van der Waals surface area contributed by atoms with Crippen molar-refractivity contribution in [1.82, 2.24) is 0 Å². The molecule has 0 fully saturated rings. The first-order valence-corrected chi connectivity index (χ1v) is 10.4. The number of hydrogen-bond donors (Lipinski definition) is 2. The van der Waals surface area contributed by atoms with Crippen molar-refractivity contribution >= 4 is 27.1 Å². The van der Waals surface area contributed by atoms with Gasteiger partial charge in [0.1, 0.15) is 0 Å². The van der Waals surface area contributed by atoms with E-state index in [2.05, 4.69) is 23.0 Å². The Morgan fingerprint density at radius 2 is 1.61 bits per heavy atom. The topological polar surface area (TPSA) is 76.7 Å². The maximum atomic E-state index is 12.6. The monoisotopic (exact) mass is 396 g/mol. The number of ether oxygens (including phenoxy) is 2. The molecule has 0 atom stereocenters. The summed E-state index contributed by atoms with van der Waals surface area (Å²) in [5.41, 5.74) is 3.62. The average molecular weight is 396 g/mol. The Morgan fingerprint density at radius 3 is 2.39 bits per heavy atom. The van der Waals surface area contributed by atoms with Crippen LogP contribution in [-0.2, 0) is 16.4 Å². The van der Waals surface area contributed by atoms with Gasteiger partial charge in [-0.25, -0.2) is 8.42 Å². The standard InChI is InChI=1S/C21H20N2O4S/c1-2-15-5-3-4-6-19(15)22-16-7-9-17(10-8-16)23-28(24,25)18-11-12-20-21(13-18)27-14-26-20/h3-13,22-23H,2,14H2,1H3. The van der Waals surface area contributed by atoms with Crippen LogP contribution in [0.25, 0.3) is 0 Å². The van der Waals surface area contributed by atoms with E-state index < -0.39 is 10.0 Å². The third-order valence-corrected chi connectivity index (χ3v) is 5.85. The molecule has 2 N–H and O–H groups in total. The first-order valence-electron chi connectivity index (χ1n) is 8.92. The van der Waals surface area contributed by atoms with E-state index in [1.165, 1.54) is 17.7 Å². The van der Waals surface area contributed by atoms with Crippen molar-refractivity contribution < 1.29 is 17.9 Å². The second-order valence-corrected chi connectivity index (χ2v) is 8.02. The first kappa shape index (κ1) is 18.2. The second-order valence-electron chi connectivity index (χ2n) is 6.33. The highest BCUT2D eigenvalue weighted by molar-refractivity contribution is 7.92. The van der Waals surface area contributed by atoms with E-state index in [4.69, 9.17) is 9.47 Å². The van der Waals surface area contributed by atoms with Crippen molar-refractivity contribution in [2.75, 3.05) is 16.8 Å². The SMILES string of the molecule is CCc1ccccc1Nc1ccc(NS(=O)(=O)c2ccc3c(c2)OCO3)cc1. The van der Waals surface area contributed by atoms with Crippen LogP contribution in [0, 0.1) is 0 Å². The Bertz CT molecular complexity index is 1100. The minimum atomic E-state index is -3.72. The molecule has 0 radical (unpaired) electrons. The molecule has 0 aromatic heterocycles. The van der Waals surface area contributed by atoms with Gasteiger partial charge in [0.25, 0.3) is 10.0 Å². The summed E-state index contributed by atoms with van der Waals surface area (Å²) in [4.78, 5) is 0.121. The van der Waals surface area contributed by atoms with E-state index in [-0.39, 0.29) is 11.7 Å². The summed E-state index contributed by atoms with van der Waals surface area (Å²) in [6, 6.07) is 19.8. The highest BCUT2D eigenvalue weighted by Crippen LogP contribution is 2.34. The summed E-state index contributed by atoms with van der Waals surface area (Å²) in [7, 11) is -3.72. The summed E-state index contributed by atoms with van der Waals surface area (Å²) in [6.45, 7) is 2.20. The fourth-order valence-electron chi connectivity index (χ4n) is 2.99. The lowest BCUT2D eigenvalue weighted by Gasteiger charge is -2.12. The van der Waals surface area contributed by atoms with Crippen LogP contribution in [-0.4, -0.2) is 15.2 Å². The van der Waals surface area contributed by atoms with Crippen LogP contribution >= 0.6 is 0 Å². The lowest BCUT2D eigenvalue weighted by atomic mass is 10.1. The summed E-state index contributed by atoms with van der Waals surface area (Å²) in [5, 5.41) is 3.37. The molecule has 4 rings (SSSR count). The zero-order chi connectivity index (χ0) is 19.6. The minimum Gasteiger partial charge on any atom is -0.454 e. The Morgan fingerprint density at radius 1 is 0.893 bits per heavy atom. The summed E-state index contributed by atoms with van der Waals surface area (Å²) in [6.07, 6.45) is 0.927. The zero-order valence-corrected chi connectivity index (χ0v) is 16.1. The van der Waals surface area contributed by atoms with Gasteiger partial charge in [-0.15, -0.1) is 0 Å². The smallest absolute Gasteiger partial charge is 0.262 e. The van der Waals surface area contributed by atoms with Crippen LogP contribution in [0.4, 0.5) is 17.1 Å². The van der Waals surface area contributed by atoms with Crippen LogP contribution in [0.3, 0.4) is 0 Å². The molecule has 144 valence electrons. The van der Waals surface area contributed by atoms with Gasteiger partial charge in [-0.2, -0.15) is 0 Å². The molecule has 0 spiro atoms. The number of nitrogens with one attached hydrogen (secondary N) is 2. The molecular weight excluding hydrogens is 376 g/mol. The molecule has 0 unspecified atom stereocenters. The minimum absolute atomic E-state index is 0.0991. The van der Waals surface area contributed by atoms with Gasteiger partial charge in [0, 0.05) is 23.1 Å². The number of para-hydroxylation sites is 1. The highest BCUT2D eigenvalue weighted by atomic mass is 32.2. The Labute approximate surface area is 164 Å². The largest absolute Gasteiger partial charge is 0.454 e. The molecule has 0 saturated carbocycles. The predicted octanol–water partition coefficient (Wildman–Crippen LogP) is 4.52. The molecule has 1 aliphatic rings. The molecule has 6 nitrogen and oxygen atoms in total. The number of sulfonamides is 1. The van der Waals surface area contributed by atoms with Crippen molar-refractivity contribution in [2.24, 2.45) is 0 Å². The van der Waals surface area contributed by atoms with E-state index in [9.17, 15) is 8.42 Å². The van der Waals surface area contributed by atoms with Crippen LogP contribution in [0.5, 0.6) is 11.5 Å². The molecule has 0 saturated heterocycles. The van der Waals surface area contributed by atoms with Gasteiger partial charge in [-0.05, 0) is 54.4 Å². The van der Waals surface area contributed by atoms with Crippen molar-refractivity contribution in [1.29, 1.82) is 0 Å². The van der Waals surface area contributed by atoms with Crippen molar-refractivity contribution in [3.63, 3.8) is 0 Å². The Balaban J connectivity index is 1.49. The fraction of sp³-hybridized carbons (Fsp3) is 0.143.